The van der Waals surface area contributed by atoms with E-state index < -0.39 is 18.2 Å². The maximum absolute atomic E-state index is 13.1. The molecule has 1 fully saturated rings. The average Bonchev–Trinajstić information content (AvgIpc) is 2.49. The molecule has 0 radical (unpaired) electrons. The Kier molecular flexibility index (Phi) is 6.26. The van der Waals surface area contributed by atoms with Gasteiger partial charge in [0.2, 0.25) is 0 Å². The number of hydrogen-bond donors (Lipinski definition) is 0. The van der Waals surface area contributed by atoms with Gasteiger partial charge in [-0.25, -0.2) is 8.42 Å². The van der Waals surface area contributed by atoms with E-state index >= 15 is 0 Å². The van der Waals surface area contributed by atoms with Crippen molar-refractivity contribution in [2.24, 2.45) is 0 Å². The first kappa shape index (κ1) is 20.4. The van der Waals surface area contributed by atoms with Gasteiger partial charge in [0.1, 0.15) is 0 Å². The summed E-state index contributed by atoms with van der Waals surface area (Å²) in [6, 6.07) is 8.85. The predicted octanol–water partition coefficient (Wildman–Crippen LogP) is 5.21. The molecule has 0 bridgehead atoms. The summed E-state index contributed by atoms with van der Waals surface area (Å²) in [6.45, 7) is 11.2. The molecular formula is C18H29IO3SSi. The van der Waals surface area contributed by atoms with E-state index in [-0.39, 0.29) is 20.3 Å². The Morgan fingerprint density at radius 2 is 1.71 bits per heavy atom. The second kappa shape index (κ2) is 7.37. The van der Waals surface area contributed by atoms with Crippen molar-refractivity contribution in [2.45, 2.75) is 78.3 Å². The summed E-state index contributed by atoms with van der Waals surface area (Å²) < 4.78 is 32.7. The number of alkyl halides is 1. The molecule has 1 aliphatic carbocycles. The summed E-state index contributed by atoms with van der Waals surface area (Å²) in [5.74, 6) is 0. The van der Waals surface area contributed by atoms with Gasteiger partial charge in [-0.2, -0.15) is 0 Å². The Morgan fingerprint density at radius 3 is 2.25 bits per heavy atom. The molecule has 0 aliphatic heterocycles. The molecule has 24 heavy (non-hydrogen) atoms. The molecular weight excluding hydrogens is 451 g/mol. The Balaban J connectivity index is 2.23. The summed E-state index contributed by atoms with van der Waals surface area (Å²) in [5, 5.41) is -0.224. The number of benzene rings is 1. The Hall–Kier alpha value is 0.0769. The highest BCUT2D eigenvalue weighted by molar-refractivity contribution is 14.1. The lowest BCUT2D eigenvalue weighted by molar-refractivity contribution is 0.150. The van der Waals surface area contributed by atoms with Crippen molar-refractivity contribution >= 4 is 40.7 Å². The minimum absolute atomic E-state index is 0.00400. The number of hydrogen-bond acceptors (Lipinski definition) is 3. The van der Waals surface area contributed by atoms with Crippen LogP contribution in [-0.4, -0.2) is 32.0 Å². The van der Waals surface area contributed by atoms with Crippen molar-refractivity contribution in [1.29, 1.82) is 0 Å². The molecule has 0 saturated heterocycles. The highest BCUT2D eigenvalue weighted by Gasteiger charge is 2.45. The van der Waals surface area contributed by atoms with Crippen LogP contribution in [0.4, 0.5) is 0 Å². The van der Waals surface area contributed by atoms with Crippen LogP contribution in [0.25, 0.3) is 0 Å². The lowest BCUT2D eigenvalue weighted by Gasteiger charge is -2.43. The highest BCUT2D eigenvalue weighted by Crippen LogP contribution is 2.42. The van der Waals surface area contributed by atoms with Crippen LogP contribution in [0.3, 0.4) is 0 Å². The summed E-state index contributed by atoms with van der Waals surface area (Å²) >= 11 is 2.32. The lowest BCUT2D eigenvalue weighted by atomic mass is 9.97. The fourth-order valence-corrected chi connectivity index (χ4v) is 8.43. The topological polar surface area (TPSA) is 43.4 Å². The van der Waals surface area contributed by atoms with Crippen LogP contribution in [0.15, 0.2) is 35.2 Å². The van der Waals surface area contributed by atoms with Crippen LogP contribution in [0.5, 0.6) is 0 Å². The third kappa shape index (κ3) is 4.24. The molecule has 0 heterocycles. The van der Waals surface area contributed by atoms with E-state index in [2.05, 4.69) is 56.5 Å². The molecule has 1 saturated carbocycles. The van der Waals surface area contributed by atoms with Gasteiger partial charge in [0, 0.05) is 0 Å². The van der Waals surface area contributed by atoms with Crippen molar-refractivity contribution in [3.63, 3.8) is 0 Å². The third-order valence-corrected chi connectivity index (χ3v) is 14.3. The molecule has 1 aromatic carbocycles. The fourth-order valence-electron chi connectivity index (χ4n) is 2.87. The van der Waals surface area contributed by atoms with Crippen LogP contribution in [0.1, 0.15) is 40.0 Å². The Morgan fingerprint density at radius 1 is 1.12 bits per heavy atom. The first-order valence-electron chi connectivity index (χ1n) is 8.58. The Bertz CT molecular complexity index is 653. The molecule has 3 nitrogen and oxygen atoms in total. The molecule has 2 rings (SSSR count). The van der Waals surface area contributed by atoms with Crippen LogP contribution in [-0.2, 0) is 14.3 Å². The van der Waals surface area contributed by atoms with Crippen LogP contribution in [0, 0.1) is 0 Å². The molecule has 3 unspecified atom stereocenters. The van der Waals surface area contributed by atoms with E-state index in [4.69, 9.17) is 4.43 Å². The minimum atomic E-state index is -3.31. The zero-order valence-corrected chi connectivity index (χ0v) is 19.2. The van der Waals surface area contributed by atoms with E-state index in [9.17, 15) is 8.42 Å². The molecule has 0 spiro atoms. The second-order valence-electron chi connectivity index (χ2n) is 8.19. The SMILES string of the molecule is CC(C)(C)[Si](C)(C)OC1CCCC(S(=O)(=O)c2ccccc2)C1I. The largest absolute Gasteiger partial charge is 0.413 e. The molecule has 6 heteroatoms. The van der Waals surface area contributed by atoms with Gasteiger partial charge >= 0.3 is 0 Å². The summed E-state index contributed by atoms with van der Waals surface area (Å²) in [5.41, 5.74) is 0. The molecule has 1 aliphatic rings. The standard InChI is InChI=1S/C18H29IO3SSi/c1-18(2,3)24(4,5)22-15-12-9-13-16(17(15)19)23(20,21)14-10-7-6-8-11-14/h6-8,10-11,15-17H,9,12-13H2,1-5H3. The van der Waals surface area contributed by atoms with Crippen LogP contribution < -0.4 is 0 Å². The van der Waals surface area contributed by atoms with Gasteiger partial charge in [-0.1, -0.05) is 61.6 Å². The first-order valence-corrected chi connectivity index (χ1v) is 14.3. The normalized spacial score (nSPS) is 26.3. The summed E-state index contributed by atoms with van der Waals surface area (Å²) in [4.78, 5) is 0.435. The number of sulfone groups is 1. The summed E-state index contributed by atoms with van der Waals surface area (Å²) in [7, 11) is -5.21. The van der Waals surface area contributed by atoms with E-state index in [0.717, 1.165) is 19.3 Å². The van der Waals surface area contributed by atoms with E-state index in [1.807, 2.05) is 6.07 Å². The van der Waals surface area contributed by atoms with Crippen LogP contribution in [0.2, 0.25) is 18.1 Å². The van der Waals surface area contributed by atoms with Crippen LogP contribution >= 0.6 is 22.6 Å². The van der Waals surface area contributed by atoms with Gasteiger partial charge in [0.05, 0.1) is 20.2 Å². The van der Waals surface area contributed by atoms with Crippen molar-refractivity contribution in [2.75, 3.05) is 0 Å². The van der Waals surface area contributed by atoms with Gasteiger partial charge in [0.15, 0.2) is 18.2 Å². The molecule has 0 N–H and O–H groups in total. The monoisotopic (exact) mass is 480 g/mol. The number of halogens is 1. The Labute approximate surface area is 161 Å². The van der Waals surface area contributed by atoms with E-state index in [1.54, 1.807) is 24.3 Å². The van der Waals surface area contributed by atoms with Gasteiger partial charge in [0.25, 0.3) is 0 Å². The van der Waals surface area contributed by atoms with E-state index in [1.165, 1.54) is 0 Å². The zero-order chi connectivity index (χ0) is 18.2. The molecule has 1 aromatic rings. The third-order valence-electron chi connectivity index (χ3n) is 5.41. The molecule has 136 valence electrons. The highest BCUT2D eigenvalue weighted by atomic mass is 127. The predicted molar refractivity (Wildman–Crippen MR) is 111 cm³/mol. The van der Waals surface area contributed by atoms with Crippen molar-refractivity contribution in [3.05, 3.63) is 30.3 Å². The summed E-state index contributed by atoms with van der Waals surface area (Å²) in [6.07, 6.45) is 2.63. The van der Waals surface area contributed by atoms with Gasteiger partial charge in [-0.05, 0) is 49.5 Å². The second-order valence-corrected chi connectivity index (χ2v) is 16.6. The van der Waals surface area contributed by atoms with Gasteiger partial charge in [-0.15, -0.1) is 0 Å². The maximum atomic E-state index is 13.1. The fraction of sp³-hybridized carbons (Fsp3) is 0.667. The van der Waals surface area contributed by atoms with E-state index in [0.29, 0.717) is 4.90 Å². The molecule has 0 aromatic heterocycles. The van der Waals surface area contributed by atoms with Gasteiger partial charge in [-0.3, -0.25) is 0 Å². The van der Waals surface area contributed by atoms with Crippen molar-refractivity contribution in [3.8, 4) is 0 Å². The number of rotatable bonds is 4. The molecule has 0 amide bonds. The van der Waals surface area contributed by atoms with Crippen molar-refractivity contribution in [1.82, 2.24) is 0 Å². The minimum Gasteiger partial charge on any atom is -0.413 e. The maximum Gasteiger partial charge on any atom is 0.192 e. The quantitative estimate of drug-likeness (QED) is 0.338. The zero-order valence-electron chi connectivity index (χ0n) is 15.3. The van der Waals surface area contributed by atoms with Crippen molar-refractivity contribution < 1.29 is 12.8 Å². The van der Waals surface area contributed by atoms with Gasteiger partial charge < -0.3 is 4.43 Å². The molecule has 3 atom stereocenters. The first-order chi connectivity index (χ1) is 11.0. The smallest absolute Gasteiger partial charge is 0.192 e. The average molecular weight is 480 g/mol. The lowest BCUT2D eigenvalue weighted by Crippen LogP contribution is -2.50.